The van der Waals surface area contributed by atoms with Crippen molar-refractivity contribution in [3.63, 3.8) is 0 Å². The van der Waals surface area contributed by atoms with Gasteiger partial charge >= 0.3 is 0 Å². The highest BCUT2D eigenvalue weighted by Crippen LogP contribution is 2.28. The second kappa shape index (κ2) is 4.44. The summed E-state index contributed by atoms with van der Waals surface area (Å²) in [4.78, 5) is 4.12. The summed E-state index contributed by atoms with van der Waals surface area (Å²) in [5, 5.41) is 0. The second-order valence-electron chi connectivity index (χ2n) is 4.13. The Morgan fingerprint density at radius 2 is 2.00 bits per heavy atom. The standard InChI is InChI=1S/C14H14FN/c1-10(2)14-9-16-7-6-13(14)11-4-3-5-12(15)8-11/h3-10H,1-2H3. The lowest BCUT2D eigenvalue weighted by Crippen LogP contribution is -1.93. The molecule has 0 saturated carbocycles. The van der Waals surface area contributed by atoms with Gasteiger partial charge in [0, 0.05) is 12.4 Å². The number of halogens is 1. The molecule has 16 heavy (non-hydrogen) atoms. The monoisotopic (exact) mass is 215 g/mol. The molecule has 0 aliphatic heterocycles. The highest BCUT2D eigenvalue weighted by atomic mass is 19.1. The molecule has 0 fully saturated rings. The zero-order valence-electron chi connectivity index (χ0n) is 9.44. The molecule has 2 aromatic rings. The fourth-order valence-corrected chi connectivity index (χ4v) is 1.79. The zero-order chi connectivity index (χ0) is 11.5. The average Bonchev–Trinajstić information content (AvgIpc) is 2.29. The molecule has 0 amide bonds. The van der Waals surface area contributed by atoms with E-state index in [1.165, 1.54) is 6.07 Å². The van der Waals surface area contributed by atoms with E-state index in [1.54, 1.807) is 18.3 Å². The molecule has 1 heterocycles. The topological polar surface area (TPSA) is 12.9 Å². The van der Waals surface area contributed by atoms with Gasteiger partial charge in [-0.3, -0.25) is 4.98 Å². The zero-order valence-corrected chi connectivity index (χ0v) is 9.44. The molecule has 0 aliphatic carbocycles. The van der Waals surface area contributed by atoms with Crippen LogP contribution in [-0.2, 0) is 0 Å². The molecule has 0 unspecified atom stereocenters. The van der Waals surface area contributed by atoms with Gasteiger partial charge < -0.3 is 0 Å². The minimum atomic E-state index is -0.205. The summed E-state index contributed by atoms with van der Waals surface area (Å²) in [7, 11) is 0. The van der Waals surface area contributed by atoms with Gasteiger partial charge in [0.15, 0.2) is 0 Å². The fourth-order valence-electron chi connectivity index (χ4n) is 1.79. The van der Waals surface area contributed by atoms with Crippen LogP contribution in [0.3, 0.4) is 0 Å². The Balaban J connectivity index is 2.55. The van der Waals surface area contributed by atoms with Gasteiger partial charge in [-0.2, -0.15) is 0 Å². The first kappa shape index (κ1) is 10.8. The van der Waals surface area contributed by atoms with Gasteiger partial charge in [0.1, 0.15) is 5.82 Å². The molecule has 0 spiro atoms. The van der Waals surface area contributed by atoms with Crippen molar-refractivity contribution < 1.29 is 4.39 Å². The lowest BCUT2D eigenvalue weighted by molar-refractivity contribution is 0.628. The molecule has 0 atom stereocenters. The van der Waals surface area contributed by atoms with Crippen molar-refractivity contribution in [2.24, 2.45) is 0 Å². The van der Waals surface area contributed by atoms with Crippen LogP contribution in [0.25, 0.3) is 11.1 Å². The van der Waals surface area contributed by atoms with Crippen LogP contribution in [0.15, 0.2) is 42.7 Å². The Labute approximate surface area is 95.0 Å². The number of hydrogen-bond acceptors (Lipinski definition) is 1. The minimum Gasteiger partial charge on any atom is -0.264 e. The minimum absolute atomic E-state index is 0.205. The third kappa shape index (κ3) is 2.11. The van der Waals surface area contributed by atoms with Crippen LogP contribution in [0.1, 0.15) is 25.3 Å². The number of rotatable bonds is 2. The lowest BCUT2D eigenvalue weighted by Gasteiger charge is -2.11. The van der Waals surface area contributed by atoms with Gasteiger partial charge in [-0.25, -0.2) is 4.39 Å². The van der Waals surface area contributed by atoms with Crippen molar-refractivity contribution in [1.82, 2.24) is 4.98 Å². The van der Waals surface area contributed by atoms with Gasteiger partial charge in [0.25, 0.3) is 0 Å². The van der Waals surface area contributed by atoms with Crippen LogP contribution < -0.4 is 0 Å². The normalized spacial score (nSPS) is 10.8. The summed E-state index contributed by atoms with van der Waals surface area (Å²) >= 11 is 0. The molecule has 1 nitrogen and oxygen atoms in total. The predicted octanol–water partition coefficient (Wildman–Crippen LogP) is 4.01. The maximum Gasteiger partial charge on any atom is 0.123 e. The van der Waals surface area contributed by atoms with Gasteiger partial charge in [0.05, 0.1) is 0 Å². The first-order valence-corrected chi connectivity index (χ1v) is 5.38. The van der Waals surface area contributed by atoms with Crippen LogP contribution in [0, 0.1) is 5.82 Å². The molecule has 2 heteroatoms. The van der Waals surface area contributed by atoms with E-state index >= 15 is 0 Å². The molecular formula is C14H14FN. The number of nitrogens with zero attached hydrogens (tertiary/aromatic N) is 1. The van der Waals surface area contributed by atoms with Crippen molar-refractivity contribution in [2.45, 2.75) is 19.8 Å². The van der Waals surface area contributed by atoms with Gasteiger partial charge in [-0.05, 0) is 40.8 Å². The van der Waals surface area contributed by atoms with E-state index in [-0.39, 0.29) is 5.82 Å². The van der Waals surface area contributed by atoms with Gasteiger partial charge in [0.2, 0.25) is 0 Å². The summed E-state index contributed by atoms with van der Waals surface area (Å²) in [6, 6.07) is 8.60. The molecule has 1 aromatic heterocycles. The van der Waals surface area contributed by atoms with Crippen LogP contribution in [-0.4, -0.2) is 4.98 Å². The van der Waals surface area contributed by atoms with Crippen molar-refractivity contribution in [3.8, 4) is 11.1 Å². The Hall–Kier alpha value is -1.70. The number of benzene rings is 1. The third-order valence-electron chi connectivity index (χ3n) is 2.61. The Morgan fingerprint density at radius 1 is 1.19 bits per heavy atom. The largest absolute Gasteiger partial charge is 0.264 e. The summed E-state index contributed by atoms with van der Waals surface area (Å²) in [6.07, 6.45) is 3.59. The first-order valence-electron chi connectivity index (χ1n) is 5.38. The molecule has 2 rings (SSSR count). The van der Waals surface area contributed by atoms with E-state index in [1.807, 2.05) is 18.3 Å². The maximum absolute atomic E-state index is 13.2. The first-order chi connectivity index (χ1) is 7.68. The SMILES string of the molecule is CC(C)c1cnccc1-c1cccc(F)c1. The van der Waals surface area contributed by atoms with Crippen LogP contribution >= 0.6 is 0 Å². The van der Waals surface area contributed by atoms with Crippen molar-refractivity contribution >= 4 is 0 Å². The van der Waals surface area contributed by atoms with Crippen LogP contribution in [0.2, 0.25) is 0 Å². The highest BCUT2D eigenvalue weighted by molar-refractivity contribution is 5.67. The lowest BCUT2D eigenvalue weighted by atomic mass is 9.95. The van der Waals surface area contributed by atoms with E-state index < -0.39 is 0 Å². The van der Waals surface area contributed by atoms with Gasteiger partial charge in [-0.1, -0.05) is 26.0 Å². The number of aromatic nitrogens is 1. The molecule has 0 bridgehead atoms. The van der Waals surface area contributed by atoms with E-state index in [9.17, 15) is 4.39 Å². The molecule has 0 N–H and O–H groups in total. The Bertz CT molecular complexity index is 492. The van der Waals surface area contributed by atoms with E-state index in [2.05, 4.69) is 18.8 Å². The second-order valence-corrected chi connectivity index (χ2v) is 4.13. The molecule has 1 aromatic carbocycles. The molecular weight excluding hydrogens is 201 g/mol. The van der Waals surface area contributed by atoms with Crippen molar-refractivity contribution in [1.29, 1.82) is 0 Å². The Morgan fingerprint density at radius 3 is 2.69 bits per heavy atom. The highest BCUT2D eigenvalue weighted by Gasteiger charge is 2.08. The average molecular weight is 215 g/mol. The molecule has 82 valence electrons. The summed E-state index contributed by atoms with van der Waals surface area (Å²) in [5.74, 6) is 0.177. The van der Waals surface area contributed by atoms with E-state index in [4.69, 9.17) is 0 Å². The Kier molecular flexibility index (Phi) is 3.00. The molecule has 0 radical (unpaired) electrons. The third-order valence-corrected chi connectivity index (χ3v) is 2.61. The van der Waals surface area contributed by atoms with Crippen LogP contribution in [0.4, 0.5) is 4.39 Å². The molecule has 0 saturated heterocycles. The van der Waals surface area contributed by atoms with Crippen molar-refractivity contribution in [2.75, 3.05) is 0 Å². The van der Waals surface area contributed by atoms with Crippen LogP contribution in [0.5, 0.6) is 0 Å². The van der Waals surface area contributed by atoms with E-state index in [0.29, 0.717) is 5.92 Å². The van der Waals surface area contributed by atoms with E-state index in [0.717, 1.165) is 16.7 Å². The summed E-state index contributed by atoms with van der Waals surface area (Å²) < 4.78 is 13.2. The quantitative estimate of drug-likeness (QED) is 0.737. The molecule has 0 aliphatic rings. The number of pyridine rings is 1. The fraction of sp³-hybridized carbons (Fsp3) is 0.214. The smallest absolute Gasteiger partial charge is 0.123 e. The summed E-state index contributed by atoms with van der Waals surface area (Å²) in [5.41, 5.74) is 3.11. The van der Waals surface area contributed by atoms with Crippen molar-refractivity contribution in [3.05, 3.63) is 54.1 Å². The summed E-state index contributed by atoms with van der Waals surface area (Å²) in [6.45, 7) is 4.22. The van der Waals surface area contributed by atoms with Gasteiger partial charge in [-0.15, -0.1) is 0 Å². The maximum atomic E-state index is 13.2. The number of hydrogen-bond donors (Lipinski definition) is 0. The predicted molar refractivity (Wildman–Crippen MR) is 63.7 cm³/mol.